The van der Waals surface area contributed by atoms with Crippen LogP contribution in [0.1, 0.15) is 12.8 Å². The molecule has 1 saturated heterocycles. The third-order valence-corrected chi connectivity index (χ3v) is 2.38. The number of carbonyl (C=O) groups is 2. The number of hydrogen-bond donors (Lipinski definition) is 0. The van der Waals surface area contributed by atoms with Gasteiger partial charge in [-0.3, -0.25) is 9.59 Å². The van der Waals surface area contributed by atoms with E-state index < -0.39 is 5.97 Å². The van der Waals surface area contributed by atoms with E-state index in [1.807, 2.05) is 0 Å². The highest BCUT2D eigenvalue weighted by atomic mass is 16.6. The van der Waals surface area contributed by atoms with Gasteiger partial charge in [-0.1, -0.05) is 12.2 Å². The quantitative estimate of drug-likeness (QED) is 0.291. The Balaban J connectivity index is 2.35. The molecule has 11 heavy (non-hydrogen) atoms. The van der Waals surface area contributed by atoms with Crippen LogP contribution in [0.2, 0.25) is 0 Å². The highest BCUT2D eigenvalue weighted by molar-refractivity contribution is 5.98. The number of carbonyl (C=O) groups excluding carboxylic acids is 2. The predicted molar refractivity (Wildman–Crippen MR) is 36.5 cm³/mol. The molecule has 2 atom stereocenters. The van der Waals surface area contributed by atoms with E-state index >= 15 is 0 Å². The summed E-state index contributed by atoms with van der Waals surface area (Å²) in [5, 5.41) is 0. The smallest absolute Gasteiger partial charge is 0.321 e. The number of hydrogen-bond acceptors (Lipinski definition) is 3. The van der Waals surface area contributed by atoms with Gasteiger partial charge in [0.15, 0.2) is 0 Å². The zero-order valence-electron chi connectivity index (χ0n) is 6.00. The lowest BCUT2D eigenvalue weighted by molar-refractivity contribution is -0.153. The molecule has 3 heteroatoms. The van der Waals surface area contributed by atoms with Gasteiger partial charge in [0.25, 0.3) is 0 Å². The zero-order chi connectivity index (χ0) is 8.01. The molecule has 1 heterocycles. The minimum absolute atomic E-state index is 0.213. The van der Waals surface area contributed by atoms with Crippen molar-refractivity contribution in [3.05, 3.63) is 12.2 Å². The molecule has 0 aromatic rings. The topological polar surface area (TPSA) is 43.4 Å². The molecule has 2 aliphatic rings. The Morgan fingerprint density at radius 2 is 2.09 bits per heavy atom. The molecule has 0 spiro atoms. The van der Waals surface area contributed by atoms with Gasteiger partial charge in [-0.2, -0.15) is 0 Å². The van der Waals surface area contributed by atoms with Gasteiger partial charge in [0.05, 0.1) is 11.8 Å². The molecular formula is C8H8O3. The fourth-order valence-corrected chi connectivity index (χ4v) is 1.77. The maximum atomic E-state index is 11.0. The highest BCUT2D eigenvalue weighted by Crippen LogP contribution is 2.41. The number of esters is 2. The van der Waals surface area contributed by atoms with Crippen LogP contribution in [0.4, 0.5) is 0 Å². The lowest BCUT2D eigenvalue weighted by Crippen LogP contribution is -2.11. The molecule has 1 aliphatic carbocycles. The third-order valence-electron chi connectivity index (χ3n) is 2.38. The van der Waals surface area contributed by atoms with Crippen LogP contribution in [0.15, 0.2) is 12.2 Å². The minimum Gasteiger partial charge on any atom is -0.392 e. The molecule has 2 fully saturated rings. The summed E-state index contributed by atoms with van der Waals surface area (Å²) < 4.78 is 4.46. The van der Waals surface area contributed by atoms with E-state index in [1.54, 1.807) is 0 Å². The standard InChI is InChI=1S/C8H8O3/c1-4-2-3-5-6(4)8(10)11-7(5)9/h5-6H,1-3H2/t5-,6+/m0/s1. The first kappa shape index (κ1) is 6.58. The van der Waals surface area contributed by atoms with Gasteiger partial charge in [0.1, 0.15) is 0 Å². The van der Waals surface area contributed by atoms with Crippen molar-refractivity contribution in [2.75, 3.05) is 0 Å². The number of rotatable bonds is 0. The predicted octanol–water partition coefficient (Wildman–Crippen LogP) is 0.652. The largest absolute Gasteiger partial charge is 0.392 e. The first-order valence-corrected chi connectivity index (χ1v) is 3.63. The van der Waals surface area contributed by atoms with E-state index in [1.165, 1.54) is 0 Å². The van der Waals surface area contributed by atoms with E-state index in [0.29, 0.717) is 0 Å². The van der Waals surface area contributed by atoms with Crippen LogP contribution >= 0.6 is 0 Å². The normalized spacial score (nSPS) is 35.8. The van der Waals surface area contributed by atoms with Gasteiger partial charge in [0.2, 0.25) is 0 Å². The first-order valence-electron chi connectivity index (χ1n) is 3.63. The summed E-state index contributed by atoms with van der Waals surface area (Å²) in [6, 6.07) is 0. The number of cyclic esters (lactones) is 2. The molecule has 58 valence electrons. The third kappa shape index (κ3) is 0.737. The Kier molecular flexibility index (Phi) is 1.16. The lowest BCUT2D eigenvalue weighted by Gasteiger charge is -1.99. The molecule has 0 radical (unpaired) electrons. The molecule has 2 rings (SSSR count). The van der Waals surface area contributed by atoms with Crippen molar-refractivity contribution in [2.24, 2.45) is 11.8 Å². The van der Waals surface area contributed by atoms with Gasteiger partial charge in [-0.05, 0) is 12.8 Å². The van der Waals surface area contributed by atoms with E-state index in [4.69, 9.17) is 0 Å². The second-order valence-corrected chi connectivity index (χ2v) is 3.02. The fourth-order valence-electron chi connectivity index (χ4n) is 1.77. The second kappa shape index (κ2) is 1.94. The maximum absolute atomic E-state index is 11.0. The van der Waals surface area contributed by atoms with Crippen LogP contribution in [0.3, 0.4) is 0 Å². The minimum atomic E-state index is -0.400. The highest BCUT2D eigenvalue weighted by Gasteiger charge is 2.48. The van der Waals surface area contributed by atoms with Crippen molar-refractivity contribution >= 4 is 11.9 Å². The van der Waals surface area contributed by atoms with Gasteiger partial charge in [0, 0.05) is 0 Å². The number of ether oxygens (including phenoxy) is 1. The van der Waals surface area contributed by atoms with Crippen LogP contribution in [0.25, 0.3) is 0 Å². The van der Waals surface area contributed by atoms with Crippen molar-refractivity contribution in [2.45, 2.75) is 12.8 Å². The van der Waals surface area contributed by atoms with Gasteiger partial charge >= 0.3 is 11.9 Å². The van der Waals surface area contributed by atoms with Crippen molar-refractivity contribution in [1.82, 2.24) is 0 Å². The lowest BCUT2D eigenvalue weighted by atomic mass is 9.97. The van der Waals surface area contributed by atoms with Crippen LogP contribution in [0.5, 0.6) is 0 Å². The van der Waals surface area contributed by atoms with Crippen LogP contribution in [-0.2, 0) is 14.3 Å². The summed E-state index contributed by atoms with van der Waals surface area (Å²) in [7, 11) is 0. The van der Waals surface area contributed by atoms with E-state index in [9.17, 15) is 9.59 Å². The second-order valence-electron chi connectivity index (χ2n) is 3.02. The molecule has 1 saturated carbocycles. The van der Waals surface area contributed by atoms with Crippen molar-refractivity contribution in [3.8, 4) is 0 Å². The van der Waals surface area contributed by atoms with Crippen molar-refractivity contribution in [1.29, 1.82) is 0 Å². The first-order chi connectivity index (χ1) is 5.20. The van der Waals surface area contributed by atoms with E-state index in [-0.39, 0.29) is 17.8 Å². The average molecular weight is 152 g/mol. The Morgan fingerprint density at radius 1 is 1.36 bits per heavy atom. The molecule has 0 aromatic carbocycles. The van der Waals surface area contributed by atoms with Gasteiger partial charge in [-0.15, -0.1) is 0 Å². The van der Waals surface area contributed by atoms with Crippen LogP contribution in [0, 0.1) is 11.8 Å². The van der Waals surface area contributed by atoms with Gasteiger partial charge < -0.3 is 4.74 Å². The molecule has 0 N–H and O–H groups in total. The summed E-state index contributed by atoms with van der Waals surface area (Å²) in [5.41, 5.74) is 0.853. The molecule has 1 aliphatic heterocycles. The molecule has 0 amide bonds. The fraction of sp³-hybridized carbons (Fsp3) is 0.500. The molecule has 3 nitrogen and oxygen atoms in total. The Morgan fingerprint density at radius 3 is 2.73 bits per heavy atom. The van der Waals surface area contributed by atoms with Gasteiger partial charge in [-0.25, -0.2) is 0 Å². The Hall–Kier alpha value is -1.12. The SMILES string of the molecule is C=C1CC[C@@H]2C(=O)OC(=O)[C@H]12. The number of fused-ring (bicyclic) bond motifs is 1. The summed E-state index contributed by atoms with van der Waals surface area (Å²) in [5.74, 6) is -1.29. The van der Waals surface area contributed by atoms with Crippen LogP contribution in [-0.4, -0.2) is 11.9 Å². The summed E-state index contributed by atoms with van der Waals surface area (Å²) >= 11 is 0. The van der Waals surface area contributed by atoms with E-state index in [0.717, 1.165) is 18.4 Å². The monoisotopic (exact) mass is 152 g/mol. The average Bonchev–Trinajstić information content (AvgIpc) is 2.41. The molecular weight excluding hydrogens is 144 g/mol. The Labute approximate surface area is 64.0 Å². The molecule has 0 unspecified atom stereocenters. The van der Waals surface area contributed by atoms with Crippen molar-refractivity contribution < 1.29 is 14.3 Å². The summed E-state index contributed by atoms with van der Waals surface area (Å²) in [4.78, 5) is 21.9. The summed E-state index contributed by atoms with van der Waals surface area (Å²) in [6.07, 6.45) is 1.52. The zero-order valence-corrected chi connectivity index (χ0v) is 6.00. The summed E-state index contributed by atoms with van der Waals surface area (Å²) in [6.45, 7) is 3.73. The van der Waals surface area contributed by atoms with E-state index in [2.05, 4.69) is 11.3 Å². The Bertz CT molecular complexity index is 252. The van der Waals surface area contributed by atoms with Crippen molar-refractivity contribution in [3.63, 3.8) is 0 Å². The van der Waals surface area contributed by atoms with Crippen LogP contribution < -0.4 is 0 Å². The molecule has 0 aromatic heterocycles. The molecule has 0 bridgehead atoms. The maximum Gasteiger partial charge on any atom is 0.321 e.